The topological polar surface area (TPSA) is 29.1 Å². The molecule has 0 radical (unpaired) electrons. The summed E-state index contributed by atoms with van der Waals surface area (Å²) in [6.07, 6.45) is 1.49. The quantitative estimate of drug-likeness (QED) is 0.818. The van der Waals surface area contributed by atoms with Crippen LogP contribution in [0.4, 0.5) is 0 Å². The van der Waals surface area contributed by atoms with Gasteiger partial charge in [-0.25, -0.2) is 0 Å². The molecule has 1 amide bonds. The number of alkyl halides is 1. The van der Waals surface area contributed by atoms with Crippen molar-refractivity contribution in [3.8, 4) is 0 Å². The lowest BCUT2D eigenvalue weighted by Crippen LogP contribution is -2.32. The van der Waals surface area contributed by atoms with Crippen molar-refractivity contribution in [3.63, 3.8) is 0 Å². The molecule has 0 spiro atoms. The largest absolute Gasteiger partial charge is 0.355 e. The first-order chi connectivity index (χ1) is 8.76. The van der Waals surface area contributed by atoms with Crippen LogP contribution in [0.2, 0.25) is 0 Å². The molecule has 1 aromatic rings. The summed E-state index contributed by atoms with van der Waals surface area (Å²) in [5, 5.41) is 2.98. The lowest BCUT2D eigenvalue weighted by atomic mass is 9.90. The number of rotatable bonds is 5. The minimum atomic E-state index is 0.0854. The van der Waals surface area contributed by atoms with Crippen LogP contribution < -0.4 is 5.32 Å². The van der Waals surface area contributed by atoms with Gasteiger partial charge in [-0.05, 0) is 24.3 Å². The van der Waals surface area contributed by atoms with Crippen LogP contribution in [0.15, 0.2) is 24.3 Å². The minimum absolute atomic E-state index is 0.0854. The second-order valence-corrected chi connectivity index (χ2v) is 7.62. The van der Waals surface area contributed by atoms with E-state index in [9.17, 15) is 4.79 Å². The first kappa shape index (κ1) is 16.2. The highest BCUT2D eigenvalue weighted by molar-refractivity contribution is 9.09. The zero-order valence-electron chi connectivity index (χ0n) is 12.3. The maximum Gasteiger partial charge on any atom is 0.224 e. The van der Waals surface area contributed by atoms with Crippen LogP contribution in [0.5, 0.6) is 0 Å². The molecule has 3 heteroatoms. The highest BCUT2D eigenvalue weighted by Crippen LogP contribution is 2.24. The van der Waals surface area contributed by atoms with Crippen LogP contribution in [-0.2, 0) is 11.2 Å². The van der Waals surface area contributed by atoms with Gasteiger partial charge >= 0.3 is 0 Å². The van der Waals surface area contributed by atoms with E-state index in [1.165, 1.54) is 5.56 Å². The zero-order chi connectivity index (χ0) is 14.5. The molecule has 0 aliphatic heterocycles. The lowest BCUT2D eigenvalue weighted by Gasteiger charge is -2.22. The summed E-state index contributed by atoms with van der Waals surface area (Å²) in [7, 11) is 0. The highest BCUT2D eigenvalue weighted by Gasteiger charge is 2.16. The number of halogens is 1. The Hall–Kier alpha value is -0.830. The van der Waals surface area contributed by atoms with Gasteiger partial charge in [0.25, 0.3) is 0 Å². The molecule has 0 fully saturated rings. The van der Waals surface area contributed by atoms with E-state index in [0.29, 0.717) is 17.8 Å². The van der Waals surface area contributed by atoms with Gasteiger partial charge in [-0.3, -0.25) is 4.79 Å². The van der Waals surface area contributed by atoms with E-state index in [1.54, 1.807) is 0 Å². The number of hydrogen-bond donors (Lipinski definition) is 1. The van der Waals surface area contributed by atoms with E-state index >= 15 is 0 Å². The van der Waals surface area contributed by atoms with E-state index in [4.69, 9.17) is 0 Å². The van der Waals surface area contributed by atoms with Crippen molar-refractivity contribution in [2.75, 3.05) is 6.54 Å². The molecule has 106 valence electrons. The van der Waals surface area contributed by atoms with Gasteiger partial charge in [-0.1, -0.05) is 66.5 Å². The maximum absolute atomic E-state index is 11.8. The van der Waals surface area contributed by atoms with Crippen molar-refractivity contribution in [3.05, 3.63) is 35.4 Å². The highest BCUT2D eigenvalue weighted by atomic mass is 79.9. The van der Waals surface area contributed by atoms with Gasteiger partial charge in [0, 0.05) is 11.4 Å². The van der Waals surface area contributed by atoms with Gasteiger partial charge in [-0.2, -0.15) is 0 Å². The summed E-state index contributed by atoms with van der Waals surface area (Å²) < 4.78 is 0. The maximum atomic E-state index is 11.8. The van der Waals surface area contributed by atoms with E-state index in [-0.39, 0.29) is 11.3 Å². The van der Waals surface area contributed by atoms with Gasteiger partial charge in [-0.15, -0.1) is 0 Å². The fourth-order valence-corrected chi connectivity index (χ4v) is 3.05. The Kier molecular flexibility index (Phi) is 6.05. The predicted octanol–water partition coefficient (Wildman–Crippen LogP) is 3.85. The molecule has 0 aromatic heterocycles. The molecule has 1 aromatic carbocycles. The molecule has 0 bridgehead atoms. The van der Waals surface area contributed by atoms with Crippen molar-refractivity contribution in [2.45, 2.75) is 45.4 Å². The standard InChI is InChI=1S/C16H24BrNO/c1-12-5-7-13(8-6-12)9-15(19)18-11-14(17)10-16(2,3)4/h5-8,14H,9-11H2,1-4H3,(H,18,19). The molecule has 0 heterocycles. The van der Waals surface area contributed by atoms with Crippen molar-refractivity contribution in [1.29, 1.82) is 0 Å². The number of amides is 1. The minimum Gasteiger partial charge on any atom is -0.355 e. The van der Waals surface area contributed by atoms with Gasteiger partial charge in [0.1, 0.15) is 0 Å². The van der Waals surface area contributed by atoms with Crippen LogP contribution in [-0.4, -0.2) is 17.3 Å². The number of carbonyl (C=O) groups is 1. The Morgan fingerprint density at radius 1 is 1.26 bits per heavy atom. The van der Waals surface area contributed by atoms with E-state index in [1.807, 2.05) is 31.2 Å². The van der Waals surface area contributed by atoms with Crippen molar-refractivity contribution < 1.29 is 4.79 Å². The number of nitrogens with one attached hydrogen (secondary N) is 1. The van der Waals surface area contributed by atoms with Crippen LogP contribution in [0, 0.1) is 12.3 Å². The third-order valence-electron chi connectivity index (χ3n) is 2.84. The summed E-state index contributed by atoms with van der Waals surface area (Å²) in [5.41, 5.74) is 2.55. The normalized spacial score (nSPS) is 13.1. The zero-order valence-corrected chi connectivity index (χ0v) is 13.9. The molecule has 1 rings (SSSR count). The van der Waals surface area contributed by atoms with Crippen molar-refractivity contribution >= 4 is 21.8 Å². The smallest absolute Gasteiger partial charge is 0.224 e. The van der Waals surface area contributed by atoms with Crippen molar-refractivity contribution in [2.24, 2.45) is 5.41 Å². The molecule has 1 N–H and O–H groups in total. The number of benzene rings is 1. The summed E-state index contributed by atoms with van der Waals surface area (Å²) >= 11 is 3.62. The predicted molar refractivity (Wildman–Crippen MR) is 84.7 cm³/mol. The molecule has 19 heavy (non-hydrogen) atoms. The molecule has 0 saturated heterocycles. The van der Waals surface area contributed by atoms with Gasteiger partial charge in [0.15, 0.2) is 0 Å². The number of hydrogen-bond acceptors (Lipinski definition) is 1. The van der Waals surface area contributed by atoms with Crippen LogP contribution in [0.25, 0.3) is 0 Å². The van der Waals surface area contributed by atoms with Crippen molar-refractivity contribution in [1.82, 2.24) is 5.32 Å². The molecule has 1 unspecified atom stereocenters. The molecule has 1 atom stereocenters. The lowest BCUT2D eigenvalue weighted by molar-refractivity contribution is -0.120. The SMILES string of the molecule is Cc1ccc(CC(=O)NCC(Br)CC(C)(C)C)cc1. The van der Waals surface area contributed by atoms with E-state index < -0.39 is 0 Å². The Bertz CT molecular complexity index is 406. The van der Waals surface area contributed by atoms with E-state index in [0.717, 1.165) is 12.0 Å². The summed E-state index contributed by atoms with van der Waals surface area (Å²) in [5.74, 6) is 0.0854. The van der Waals surface area contributed by atoms with Gasteiger partial charge < -0.3 is 5.32 Å². The Morgan fingerprint density at radius 2 is 1.84 bits per heavy atom. The Balaban J connectivity index is 2.34. The van der Waals surface area contributed by atoms with Gasteiger partial charge in [0.05, 0.1) is 6.42 Å². The molecular formula is C16H24BrNO. The molecular weight excluding hydrogens is 302 g/mol. The van der Waals surface area contributed by atoms with E-state index in [2.05, 4.69) is 42.0 Å². The fourth-order valence-electron chi connectivity index (χ4n) is 1.92. The number of carbonyl (C=O) groups excluding carboxylic acids is 1. The average Bonchev–Trinajstić information content (AvgIpc) is 2.27. The Labute approximate surface area is 125 Å². The average molecular weight is 326 g/mol. The fraction of sp³-hybridized carbons (Fsp3) is 0.562. The second kappa shape index (κ2) is 7.09. The second-order valence-electron chi connectivity index (χ2n) is 6.33. The third kappa shape index (κ3) is 7.36. The van der Waals surface area contributed by atoms with Crippen LogP contribution >= 0.6 is 15.9 Å². The van der Waals surface area contributed by atoms with Crippen LogP contribution in [0.1, 0.15) is 38.3 Å². The molecule has 0 saturated carbocycles. The van der Waals surface area contributed by atoms with Crippen LogP contribution in [0.3, 0.4) is 0 Å². The first-order valence-electron chi connectivity index (χ1n) is 6.72. The summed E-state index contributed by atoms with van der Waals surface area (Å²) in [4.78, 5) is 12.2. The first-order valence-corrected chi connectivity index (χ1v) is 7.64. The third-order valence-corrected chi connectivity index (χ3v) is 3.49. The monoisotopic (exact) mass is 325 g/mol. The molecule has 0 aliphatic carbocycles. The molecule has 0 aliphatic rings. The number of aryl methyl sites for hydroxylation is 1. The molecule has 2 nitrogen and oxygen atoms in total. The summed E-state index contributed by atoms with van der Waals surface area (Å²) in [6, 6.07) is 8.09. The van der Waals surface area contributed by atoms with Gasteiger partial charge in [0.2, 0.25) is 5.91 Å². The Morgan fingerprint density at radius 3 is 2.37 bits per heavy atom. The summed E-state index contributed by atoms with van der Waals surface area (Å²) in [6.45, 7) is 9.34.